The van der Waals surface area contributed by atoms with Crippen molar-refractivity contribution in [2.75, 3.05) is 27.2 Å². The zero-order valence-corrected chi connectivity index (χ0v) is 11.7. The molecule has 0 aliphatic heterocycles. The predicted octanol–water partition coefficient (Wildman–Crippen LogP) is 1.79. The number of nitrogens with zero attached hydrogens (tertiary/aromatic N) is 1. The van der Waals surface area contributed by atoms with Crippen LogP contribution >= 0.6 is 11.6 Å². The zero-order valence-electron chi connectivity index (χ0n) is 10.9. The number of benzene rings is 1. The van der Waals surface area contributed by atoms with Crippen molar-refractivity contribution in [2.45, 2.75) is 13.0 Å². The molecular formula is C13H19ClN2O2. The molecule has 0 radical (unpaired) electrons. The molecule has 0 aromatic heterocycles. The van der Waals surface area contributed by atoms with Gasteiger partial charge in [-0.2, -0.15) is 0 Å². The molecule has 1 rings (SSSR count). The third-order valence-electron chi connectivity index (χ3n) is 2.67. The van der Waals surface area contributed by atoms with E-state index in [1.54, 1.807) is 31.1 Å². The van der Waals surface area contributed by atoms with Crippen molar-refractivity contribution < 1.29 is 9.53 Å². The average molecular weight is 271 g/mol. The van der Waals surface area contributed by atoms with Gasteiger partial charge in [0.25, 0.3) is 0 Å². The van der Waals surface area contributed by atoms with Gasteiger partial charge in [0.1, 0.15) is 12.4 Å². The minimum Gasteiger partial charge on any atom is -0.492 e. The van der Waals surface area contributed by atoms with Gasteiger partial charge in [-0.05, 0) is 32.2 Å². The fourth-order valence-electron chi connectivity index (χ4n) is 1.42. The first-order valence-electron chi connectivity index (χ1n) is 5.85. The van der Waals surface area contributed by atoms with Crippen molar-refractivity contribution in [3.8, 4) is 5.75 Å². The van der Waals surface area contributed by atoms with Gasteiger partial charge in [0.05, 0.1) is 12.6 Å². The van der Waals surface area contributed by atoms with Crippen LogP contribution in [-0.2, 0) is 4.79 Å². The molecule has 4 nitrogen and oxygen atoms in total. The van der Waals surface area contributed by atoms with Crippen LogP contribution in [0.4, 0.5) is 0 Å². The summed E-state index contributed by atoms with van der Waals surface area (Å²) in [7, 11) is 3.52. The van der Waals surface area contributed by atoms with E-state index in [4.69, 9.17) is 16.3 Å². The topological polar surface area (TPSA) is 41.6 Å². The highest BCUT2D eigenvalue weighted by Crippen LogP contribution is 2.16. The first-order valence-corrected chi connectivity index (χ1v) is 6.23. The Morgan fingerprint density at radius 3 is 2.89 bits per heavy atom. The lowest BCUT2D eigenvalue weighted by Crippen LogP contribution is -2.43. The van der Waals surface area contributed by atoms with E-state index in [1.165, 1.54) is 0 Å². The van der Waals surface area contributed by atoms with E-state index in [0.29, 0.717) is 23.9 Å². The Labute approximate surface area is 113 Å². The third-order valence-corrected chi connectivity index (χ3v) is 2.91. The number of amides is 1. The van der Waals surface area contributed by atoms with E-state index in [9.17, 15) is 4.79 Å². The van der Waals surface area contributed by atoms with Gasteiger partial charge in [-0.3, -0.25) is 4.79 Å². The van der Waals surface area contributed by atoms with Crippen LogP contribution in [0.25, 0.3) is 0 Å². The fourth-order valence-corrected chi connectivity index (χ4v) is 1.60. The number of carbonyl (C=O) groups is 1. The van der Waals surface area contributed by atoms with Gasteiger partial charge in [0, 0.05) is 12.1 Å². The number of hydrogen-bond acceptors (Lipinski definition) is 3. The van der Waals surface area contributed by atoms with Crippen LogP contribution in [0.1, 0.15) is 6.92 Å². The molecule has 1 amide bonds. The van der Waals surface area contributed by atoms with Crippen LogP contribution < -0.4 is 10.1 Å². The molecule has 100 valence electrons. The summed E-state index contributed by atoms with van der Waals surface area (Å²) >= 11 is 5.84. The normalized spacial score (nSPS) is 12.0. The van der Waals surface area contributed by atoms with Gasteiger partial charge in [0.15, 0.2) is 0 Å². The highest BCUT2D eigenvalue weighted by Gasteiger charge is 2.14. The first-order chi connectivity index (χ1) is 8.54. The van der Waals surface area contributed by atoms with E-state index in [2.05, 4.69) is 5.32 Å². The van der Waals surface area contributed by atoms with E-state index in [1.807, 2.05) is 19.1 Å². The maximum absolute atomic E-state index is 11.8. The number of halogens is 1. The molecule has 1 aromatic carbocycles. The molecule has 1 N–H and O–H groups in total. The highest BCUT2D eigenvalue weighted by molar-refractivity contribution is 6.30. The molecule has 1 unspecified atom stereocenters. The molecule has 0 saturated heterocycles. The Bertz CT molecular complexity index is 398. The van der Waals surface area contributed by atoms with Gasteiger partial charge in [-0.1, -0.05) is 17.7 Å². The molecule has 5 heteroatoms. The molecule has 0 bridgehead atoms. The van der Waals surface area contributed by atoms with Crippen molar-refractivity contribution >= 4 is 17.5 Å². The molecule has 0 heterocycles. The second kappa shape index (κ2) is 7.24. The van der Waals surface area contributed by atoms with E-state index < -0.39 is 0 Å². The van der Waals surface area contributed by atoms with Crippen molar-refractivity contribution in [2.24, 2.45) is 0 Å². The number of likely N-dealkylation sites (N-methyl/N-ethyl adjacent to an activating group) is 2. The van der Waals surface area contributed by atoms with Crippen LogP contribution in [0.2, 0.25) is 5.02 Å². The molecule has 0 spiro atoms. The Balaban J connectivity index is 2.35. The summed E-state index contributed by atoms with van der Waals surface area (Å²) in [6.07, 6.45) is 0. The maximum Gasteiger partial charge on any atom is 0.239 e. The smallest absolute Gasteiger partial charge is 0.239 e. The number of rotatable bonds is 6. The van der Waals surface area contributed by atoms with Crippen molar-refractivity contribution in [1.29, 1.82) is 0 Å². The van der Waals surface area contributed by atoms with E-state index in [-0.39, 0.29) is 11.9 Å². The third kappa shape index (κ3) is 4.55. The number of carbonyl (C=O) groups excluding carboxylic acids is 1. The van der Waals surface area contributed by atoms with Crippen LogP contribution in [-0.4, -0.2) is 44.1 Å². The molecule has 1 atom stereocenters. The van der Waals surface area contributed by atoms with Crippen molar-refractivity contribution in [3.05, 3.63) is 29.3 Å². The lowest BCUT2D eigenvalue weighted by Gasteiger charge is -2.21. The van der Waals surface area contributed by atoms with Gasteiger partial charge in [0.2, 0.25) is 5.91 Å². The Kier molecular flexibility index (Phi) is 5.95. The molecule has 1 aromatic rings. The van der Waals surface area contributed by atoms with Crippen molar-refractivity contribution in [1.82, 2.24) is 10.2 Å². The Morgan fingerprint density at radius 2 is 2.28 bits per heavy atom. The van der Waals surface area contributed by atoms with Gasteiger partial charge in [-0.15, -0.1) is 0 Å². The zero-order chi connectivity index (χ0) is 13.5. The molecular weight excluding hydrogens is 252 g/mol. The maximum atomic E-state index is 11.8. The monoisotopic (exact) mass is 270 g/mol. The van der Waals surface area contributed by atoms with Crippen LogP contribution in [0.3, 0.4) is 0 Å². The average Bonchev–Trinajstić information content (AvgIpc) is 2.36. The molecule has 0 aliphatic carbocycles. The predicted molar refractivity (Wildman–Crippen MR) is 73.1 cm³/mol. The lowest BCUT2D eigenvalue weighted by atomic mass is 10.3. The molecule has 0 saturated carbocycles. The molecule has 18 heavy (non-hydrogen) atoms. The summed E-state index contributed by atoms with van der Waals surface area (Å²) in [5, 5.41) is 3.55. The highest BCUT2D eigenvalue weighted by atomic mass is 35.5. The quantitative estimate of drug-likeness (QED) is 0.857. The van der Waals surface area contributed by atoms with Gasteiger partial charge >= 0.3 is 0 Å². The molecule has 0 fully saturated rings. The van der Waals surface area contributed by atoms with Gasteiger partial charge in [-0.25, -0.2) is 0 Å². The SMILES string of the molecule is CNC(C)C(=O)N(C)CCOc1cccc(Cl)c1. The van der Waals surface area contributed by atoms with Gasteiger partial charge < -0.3 is 15.0 Å². The standard InChI is InChI=1S/C13H19ClN2O2/c1-10(15-2)13(17)16(3)7-8-18-12-6-4-5-11(14)9-12/h4-6,9-10,15H,7-8H2,1-3H3. The fraction of sp³-hybridized carbons (Fsp3) is 0.462. The second-order valence-corrected chi connectivity index (χ2v) is 4.51. The summed E-state index contributed by atoms with van der Waals surface area (Å²) in [5.74, 6) is 0.761. The summed E-state index contributed by atoms with van der Waals surface area (Å²) in [6.45, 7) is 2.81. The van der Waals surface area contributed by atoms with Crippen LogP contribution in [0.5, 0.6) is 5.75 Å². The largest absolute Gasteiger partial charge is 0.492 e. The summed E-state index contributed by atoms with van der Waals surface area (Å²) in [6, 6.07) is 7.03. The lowest BCUT2D eigenvalue weighted by molar-refractivity contribution is -0.131. The number of nitrogens with one attached hydrogen (secondary N) is 1. The number of ether oxygens (including phenoxy) is 1. The summed E-state index contributed by atoms with van der Waals surface area (Å²) < 4.78 is 5.52. The second-order valence-electron chi connectivity index (χ2n) is 4.08. The number of hydrogen-bond donors (Lipinski definition) is 1. The van der Waals surface area contributed by atoms with E-state index in [0.717, 1.165) is 0 Å². The molecule has 0 aliphatic rings. The first kappa shape index (κ1) is 14.8. The Hall–Kier alpha value is -1.26. The minimum absolute atomic E-state index is 0.0483. The Morgan fingerprint density at radius 1 is 1.56 bits per heavy atom. The van der Waals surface area contributed by atoms with Crippen LogP contribution in [0.15, 0.2) is 24.3 Å². The van der Waals surface area contributed by atoms with E-state index >= 15 is 0 Å². The summed E-state index contributed by atoms with van der Waals surface area (Å²) in [4.78, 5) is 13.4. The van der Waals surface area contributed by atoms with Crippen molar-refractivity contribution in [3.63, 3.8) is 0 Å². The van der Waals surface area contributed by atoms with Crippen LogP contribution in [0, 0.1) is 0 Å². The minimum atomic E-state index is -0.179. The summed E-state index contributed by atoms with van der Waals surface area (Å²) in [5.41, 5.74) is 0.